The van der Waals surface area contributed by atoms with Crippen molar-refractivity contribution in [2.24, 2.45) is 11.8 Å². The van der Waals surface area contributed by atoms with Gasteiger partial charge in [-0.2, -0.15) is 5.26 Å². The zero-order valence-electron chi connectivity index (χ0n) is 16.7. The molecule has 2 aromatic rings. The van der Waals surface area contributed by atoms with Crippen molar-refractivity contribution in [2.45, 2.75) is 26.0 Å². The molecule has 152 valence electrons. The summed E-state index contributed by atoms with van der Waals surface area (Å²) >= 11 is 0. The third-order valence-corrected chi connectivity index (χ3v) is 6.67. The fraction of sp³-hybridized carbons (Fsp3) is 0.391. The molecule has 1 aromatic heterocycles. The highest BCUT2D eigenvalue weighted by molar-refractivity contribution is 5.94. The van der Waals surface area contributed by atoms with E-state index in [-0.39, 0.29) is 17.9 Å². The number of hydrogen-bond donors (Lipinski definition) is 1. The number of piperidine rings is 1. The molecule has 0 spiro atoms. The van der Waals surface area contributed by atoms with E-state index in [1.54, 1.807) is 12.1 Å². The molecule has 0 radical (unpaired) electrons. The van der Waals surface area contributed by atoms with Gasteiger partial charge < -0.3 is 15.0 Å². The Hall–Kier alpha value is -3.24. The van der Waals surface area contributed by atoms with E-state index in [1.807, 2.05) is 18.2 Å². The second kappa shape index (κ2) is 7.22. The number of ether oxygens (including phenoxy) is 1. The highest BCUT2D eigenvalue weighted by atomic mass is 16.5. The second-order valence-electron chi connectivity index (χ2n) is 8.33. The molecule has 5 rings (SSSR count). The van der Waals surface area contributed by atoms with Gasteiger partial charge in [-0.05, 0) is 54.5 Å². The average Bonchev–Trinajstić information content (AvgIpc) is 3.09. The lowest BCUT2D eigenvalue weighted by Crippen LogP contribution is -2.35. The summed E-state index contributed by atoms with van der Waals surface area (Å²) in [6.07, 6.45) is 2.37. The summed E-state index contributed by atoms with van der Waals surface area (Å²) in [4.78, 5) is 30.6. The smallest absolute Gasteiger partial charge is 0.338 e. The van der Waals surface area contributed by atoms with Crippen LogP contribution in [0.25, 0.3) is 0 Å². The zero-order valence-corrected chi connectivity index (χ0v) is 16.7. The molecule has 1 aromatic carbocycles. The normalized spacial score (nSPS) is 24.0. The minimum absolute atomic E-state index is 0.170. The van der Waals surface area contributed by atoms with Crippen molar-refractivity contribution in [3.63, 3.8) is 0 Å². The van der Waals surface area contributed by atoms with E-state index in [9.17, 15) is 9.59 Å². The molecule has 2 aliphatic heterocycles. The first kappa shape index (κ1) is 18.8. The maximum atomic E-state index is 12.4. The Labute approximate surface area is 174 Å². The standard InChI is InChI=1S/C23H22N4O3/c1-13-15(3-4-16-19(13)12-30-23(16)29)6-7-27-10-17-18(11-27)21(17)26-22(28)20-5-2-14(8-24)9-25-20/h2-5,9,17-18,21H,6-7,10-12H2,1H3,(H,26,28). The number of aromatic nitrogens is 1. The van der Waals surface area contributed by atoms with Gasteiger partial charge in [-0.3, -0.25) is 4.79 Å². The summed E-state index contributed by atoms with van der Waals surface area (Å²) < 4.78 is 5.14. The number of fused-ring (bicyclic) bond motifs is 2. The third kappa shape index (κ3) is 3.23. The number of pyridine rings is 1. The molecular formula is C23H22N4O3. The van der Waals surface area contributed by atoms with E-state index in [1.165, 1.54) is 17.3 Å². The van der Waals surface area contributed by atoms with Crippen molar-refractivity contribution >= 4 is 11.9 Å². The monoisotopic (exact) mass is 402 g/mol. The number of carbonyl (C=O) groups excluding carboxylic acids is 2. The van der Waals surface area contributed by atoms with Crippen LogP contribution in [-0.2, 0) is 17.8 Å². The second-order valence-corrected chi connectivity index (χ2v) is 8.33. The number of benzene rings is 1. The minimum Gasteiger partial charge on any atom is -0.457 e. The van der Waals surface area contributed by atoms with Gasteiger partial charge in [0.1, 0.15) is 18.4 Å². The summed E-state index contributed by atoms with van der Waals surface area (Å²) in [5.41, 5.74) is 4.97. The van der Waals surface area contributed by atoms with Crippen LogP contribution in [0.4, 0.5) is 0 Å². The van der Waals surface area contributed by atoms with Gasteiger partial charge in [0.2, 0.25) is 0 Å². The SMILES string of the molecule is Cc1c(CCN2CC3C(C2)C3NC(=O)c2ccc(C#N)cn2)ccc2c1COC2=O. The van der Waals surface area contributed by atoms with Crippen LogP contribution in [0.15, 0.2) is 30.5 Å². The topological polar surface area (TPSA) is 95.3 Å². The number of hydrogen-bond acceptors (Lipinski definition) is 6. The predicted octanol–water partition coefficient (Wildman–Crippen LogP) is 1.83. The van der Waals surface area contributed by atoms with Crippen molar-refractivity contribution < 1.29 is 14.3 Å². The van der Waals surface area contributed by atoms with E-state index in [4.69, 9.17) is 10.00 Å². The summed E-state index contributed by atoms with van der Waals surface area (Å²) in [6, 6.07) is 9.36. The fourth-order valence-electron chi connectivity index (χ4n) is 4.78. The summed E-state index contributed by atoms with van der Waals surface area (Å²) in [6.45, 7) is 5.40. The van der Waals surface area contributed by atoms with E-state index < -0.39 is 0 Å². The Morgan fingerprint density at radius 1 is 1.30 bits per heavy atom. The Morgan fingerprint density at radius 3 is 2.80 bits per heavy atom. The lowest BCUT2D eigenvalue weighted by atomic mass is 9.96. The van der Waals surface area contributed by atoms with Gasteiger partial charge >= 0.3 is 5.97 Å². The molecule has 7 heteroatoms. The molecule has 3 heterocycles. The van der Waals surface area contributed by atoms with Crippen molar-refractivity contribution in [1.82, 2.24) is 15.2 Å². The van der Waals surface area contributed by atoms with Crippen LogP contribution in [0.2, 0.25) is 0 Å². The molecule has 3 aliphatic rings. The summed E-state index contributed by atoms with van der Waals surface area (Å²) in [5, 5.41) is 11.9. The van der Waals surface area contributed by atoms with Crippen LogP contribution < -0.4 is 5.32 Å². The van der Waals surface area contributed by atoms with Crippen LogP contribution in [0, 0.1) is 30.1 Å². The van der Waals surface area contributed by atoms with E-state index in [0.29, 0.717) is 35.3 Å². The van der Waals surface area contributed by atoms with Crippen LogP contribution in [0.3, 0.4) is 0 Å². The maximum Gasteiger partial charge on any atom is 0.338 e. The number of nitrogens with one attached hydrogen (secondary N) is 1. The lowest BCUT2D eigenvalue weighted by molar-refractivity contribution is 0.0534. The predicted molar refractivity (Wildman–Crippen MR) is 108 cm³/mol. The molecule has 1 aliphatic carbocycles. The van der Waals surface area contributed by atoms with Gasteiger partial charge in [-0.1, -0.05) is 6.07 Å². The fourth-order valence-corrected chi connectivity index (χ4v) is 4.78. The van der Waals surface area contributed by atoms with Gasteiger partial charge in [0.05, 0.1) is 11.1 Å². The number of cyclic esters (lactones) is 1. The molecule has 2 atom stereocenters. The minimum atomic E-state index is -0.219. The molecule has 1 amide bonds. The quantitative estimate of drug-likeness (QED) is 0.767. The molecule has 2 unspecified atom stereocenters. The van der Waals surface area contributed by atoms with Gasteiger partial charge in [0.25, 0.3) is 5.91 Å². The van der Waals surface area contributed by atoms with Gasteiger partial charge in [0.15, 0.2) is 0 Å². The molecule has 0 bridgehead atoms. The van der Waals surface area contributed by atoms with Crippen LogP contribution in [-0.4, -0.2) is 47.4 Å². The summed E-state index contributed by atoms with van der Waals surface area (Å²) in [5.74, 6) is 0.610. The lowest BCUT2D eigenvalue weighted by Gasteiger charge is -2.20. The largest absolute Gasteiger partial charge is 0.457 e. The third-order valence-electron chi connectivity index (χ3n) is 6.67. The first-order valence-corrected chi connectivity index (χ1v) is 10.2. The molecule has 7 nitrogen and oxygen atoms in total. The number of carbonyl (C=O) groups is 2. The molecule has 2 fully saturated rings. The van der Waals surface area contributed by atoms with Crippen LogP contribution in [0.5, 0.6) is 0 Å². The van der Waals surface area contributed by atoms with Crippen molar-refractivity contribution in [3.05, 3.63) is 64.0 Å². The molecular weight excluding hydrogens is 380 g/mol. The molecule has 1 saturated carbocycles. The number of esters is 1. The van der Waals surface area contributed by atoms with Crippen molar-refractivity contribution in [2.75, 3.05) is 19.6 Å². The first-order valence-electron chi connectivity index (χ1n) is 10.2. The van der Waals surface area contributed by atoms with E-state index in [2.05, 4.69) is 22.1 Å². The Kier molecular flexibility index (Phi) is 4.52. The molecule has 1 saturated heterocycles. The number of likely N-dealkylation sites (tertiary alicyclic amines) is 1. The maximum absolute atomic E-state index is 12.4. The Bertz CT molecular complexity index is 1060. The molecule has 1 N–H and O–H groups in total. The Balaban J connectivity index is 1.12. The average molecular weight is 402 g/mol. The number of amides is 1. The van der Waals surface area contributed by atoms with Gasteiger partial charge in [0, 0.05) is 37.4 Å². The van der Waals surface area contributed by atoms with E-state index in [0.717, 1.165) is 31.6 Å². The van der Waals surface area contributed by atoms with Crippen LogP contribution in [0.1, 0.15) is 43.1 Å². The Morgan fingerprint density at radius 2 is 2.10 bits per heavy atom. The van der Waals surface area contributed by atoms with Crippen molar-refractivity contribution in [1.29, 1.82) is 5.26 Å². The molecule has 30 heavy (non-hydrogen) atoms. The highest BCUT2D eigenvalue weighted by Gasteiger charge is 2.56. The zero-order chi connectivity index (χ0) is 20.8. The van der Waals surface area contributed by atoms with E-state index >= 15 is 0 Å². The van der Waals surface area contributed by atoms with Crippen LogP contribution >= 0.6 is 0 Å². The number of rotatable bonds is 5. The van der Waals surface area contributed by atoms with Gasteiger partial charge in [-0.25, -0.2) is 9.78 Å². The summed E-state index contributed by atoms with van der Waals surface area (Å²) in [7, 11) is 0. The highest BCUT2D eigenvalue weighted by Crippen LogP contribution is 2.45. The van der Waals surface area contributed by atoms with Gasteiger partial charge in [-0.15, -0.1) is 0 Å². The van der Waals surface area contributed by atoms with Crippen molar-refractivity contribution in [3.8, 4) is 6.07 Å². The number of nitriles is 1. The first-order chi connectivity index (χ1) is 14.5. The number of nitrogens with zero attached hydrogens (tertiary/aromatic N) is 3.